The maximum Gasteiger partial charge on any atom is 0.256 e. The lowest BCUT2D eigenvalue weighted by atomic mass is 10.1. The lowest BCUT2D eigenvalue weighted by molar-refractivity contribution is 0.108. The number of aromatic amines is 1. The second-order valence-electron chi connectivity index (χ2n) is 4.96. The zero-order chi connectivity index (χ0) is 12.4. The van der Waals surface area contributed by atoms with E-state index in [1.54, 1.807) is 0 Å². The monoisotopic (exact) mass is 266 g/mol. The van der Waals surface area contributed by atoms with E-state index in [2.05, 4.69) is 9.97 Å². The van der Waals surface area contributed by atoms with Crippen LogP contribution in [-0.4, -0.2) is 21.8 Å². The zero-order valence-corrected chi connectivity index (χ0v) is 11.2. The summed E-state index contributed by atoms with van der Waals surface area (Å²) in [7, 11) is 0. The Bertz CT molecular complexity index is 480. The standard InChI is InChI=1S/C13H18N2O2S/c16-13-10-7-17-6-5-11(10)14-12(15-13)8-18-9-3-1-2-4-9/h9H,1-8H2,(H,14,15,16). The van der Waals surface area contributed by atoms with E-state index < -0.39 is 0 Å². The van der Waals surface area contributed by atoms with E-state index in [0.717, 1.165) is 34.5 Å². The van der Waals surface area contributed by atoms with Gasteiger partial charge in [0.1, 0.15) is 5.82 Å². The van der Waals surface area contributed by atoms with Crippen LogP contribution in [0.2, 0.25) is 0 Å². The Morgan fingerprint density at radius 3 is 3.06 bits per heavy atom. The Balaban J connectivity index is 1.72. The zero-order valence-electron chi connectivity index (χ0n) is 10.4. The number of hydrogen-bond acceptors (Lipinski definition) is 4. The molecule has 0 radical (unpaired) electrons. The molecule has 1 fully saturated rings. The maximum atomic E-state index is 11.9. The molecule has 0 amide bonds. The van der Waals surface area contributed by atoms with Crippen LogP contribution in [0.5, 0.6) is 0 Å². The lowest BCUT2D eigenvalue weighted by Crippen LogP contribution is -2.25. The highest BCUT2D eigenvalue weighted by Gasteiger charge is 2.18. The Kier molecular flexibility index (Phi) is 3.70. The first-order valence-electron chi connectivity index (χ1n) is 6.63. The SMILES string of the molecule is O=c1[nH]c(CSC2CCCC2)nc2c1COCC2. The number of aromatic nitrogens is 2. The molecule has 0 unspecified atom stereocenters. The highest BCUT2D eigenvalue weighted by atomic mass is 32.2. The Morgan fingerprint density at radius 2 is 2.22 bits per heavy atom. The van der Waals surface area contributed by atoms with Crippen molar-refractivity contribution >= 4 is 11.8 Å². The molecule has 0 spiro atoms. The van der Waals surface area contributed by atoms with Gasteiger partial charge in [-0.3, -0.25) is 4.79 Å². The quantitative estimate of drug-likeness (QED) is 0.909. The van der Waals surface area contributed by atoms with Crippen LogP contribution < -0.4 is 5.56 Å². The first-order valence-corrected chi connectivity index (χ1v) is 7.68. The molecule has 1 aromatic rings. The molecule has 98 valence electrons. The highest BCUT2D eigenvalue weighted by Crippen LogP contribution is 2.30. The second-order valence-corrected chi connectivity index (χ2v) is 6.25. The van der Waals surface area contributed by atoms with Crippen molar-refractivity contribution in [2.45, 2.75) is 49.7 Å². The fourth-order valence-corrected chi connectivity index (χ4v) is 3.81. The van der Waals surface area contributed by atoms with E-state index in [1.807, 2.05) is 11.8 Å². The number of nitrogens with one attached hydrogen (secondary N) is 1. The summed E-state index contributed by atoms with van der Waals surface area (Å²) in [5, 5.41) is 0.759. The molecular weight excluding hydrogens is 248 g/mol. The number of ether oxygens (including phenoxy) is 1. The van der Waals surface area contributed by atoms with Gasteiger partial charge in [-0.25, -0.2) is 4.98 Å². The Morgan fingerprint density at radius 1 is 1.39 bits per heavy atom. The van der Waals surface area contributed by atoms with Crippen LogP contribution >= 0.6 is 11.8 Å². The van der Waals surface area contributed by atoms with Crippen LogP contribution in [0, 0.1) is 0 Å². The number of fused-ring (bicyclic) bond motifs is 1. The highest BCUT2D eigenvalue weighted by molar-refractivity contribution is 7.99. The molecule has 3 rings (SSSR count). The van der Waals surface area contributed by atoms with Crippen LogP contribution in [0.1, 0.15) is 42.8 Å². The van der Waals surface area contributed by atoms with Gasteiger partial charge in [0.15, 0.2) is 0 Å². The average molecular weight is 266 g/mol. The van der Waals surface area contributed by atoms with Crippen molar-refractivity contribution in [2.75, 3.05) is 6.61 Å². The number of H-pyrrole nitrogens is 1. The molecule has 18 heavy (non-hydrogen) atoms. The molecule has 2 heterocycles. The van der Waals surface area contributed by atoms with Crippen molar-refractivity contribution in [1.82, 2.24) is 9.97 Å². The summed E-state index contributed by atoms with van der Waals surface area (Å²) in [5.74, 6) is 1.66. The van der Waals surface area contributed by atoms with Gasteiger partial charge in [0.05, 0.1) is 30.2 Å². The third kappa shape index (κ3) is 2.62. The minimum atomic E-state index is -0.0123. The molecular formula is C13H18N2O2S. The van der Waals surface area contributed by atoms with Crippen molar-refractivity contribution in [3.63, 3.8) is 0 Å². The molecule has 0 saturated heterocycles. The fraction of sp³-hybridized carbons (Fsp3) is 0.692. The Labute approximate surface area is 111 Å². The normalized spacial score (nSPS) is 20.0. The van der Waals surface area contributed by atoms with Crippen molar-refractivity contribution in [3.8, 4) is 0 Å². The fourth-order valence-electron chi connectivity index (χ4n) is 2.61. The topological polar surface area (TPSA) is 55.0 Å². The third-order valence-electron chi connectivity index (χ3n) is 3.64. The van der Waals surface area contributed by atoms with Gasteiger partial charge in [0, 0.05) is 11.7 Å². The smallest absolute Gasteiger partial charge is 0.256 e. The van der Waals surface area contributed by atoms with Crippen LogP contribution in [0.3, 0.4) is 0 Å². The molecule has 0 aromatic carbocycles. The molecule has 1 aliphatic heterocycles. The number of hydrogen-bond donors (Lipinski definition) is 1. The molecule has 1 aliphatic carbocycles. The van der Waals surface area contributed by atoms with E-state index in [1.165, 1.54) is 25.7 Å². The summed E-state index contributed by atoms with van der Waals surface area (Å²) in [4.78, 5) is 19.4. The first-order chi connectivity index (χ1) is 8.83. The Hall–Kier alpha value is -0.810. The van der Waals surface area contributed by atoms with Gasteiger partial charge in [-0.1, -0.05) is 12.8 Å². The van der Waals surface area contributed by atoms with Gasteiger partial charge in [0.2, 0.25) is 0 Å². The van der Waals surface area contributed by atoms with Crippen LogP contribution in [-0.2, 0) is 23.5 Å². The maximum absolute atomic E-state index is 11.9. The number of nitrogens with zero attached hydrogens (tertiary/aromatic N) is 1. The van der Waals surface area contributed by atoms with Crippen molar-refractivity contribution in [3.05, 3.63) is 27.4 Å². The summed E-state index contributed by atoms with van der Waals surface area (Å²) in [5.41, 5.74) is 1.64. The number of rotatable bonds is 3. The summed E-state index contributed by atoms with van der Waals surface area (Å²) >= 11 is 1.93. The van der Waals surface area contributed by atoms with Gasteiger partial charge in [-0.05, 0) is 12.8 Å². The summed E-state index contributed by atoms with van der Waals surface area (Å²) in [6, 6.07) is 0. The molecule has 1 saturated carbocycles. The van der Waals surface area contributed by atoms with Crippen molar-refractivity contribution in [1.29, 1.82) is 0 Å². The van der Waals surface area contributed by atoms with Crippen LogP contribution in [0.25, 0.3) is 0 Å². The summed E-state index contributed by atoms with van der Waals surface area (Å²) in [6.07, 6.45) is 6.09. The second kappa shape index (κ2) is 5.45. The van der Waals surface area contributed by atoms with Crippen molar-refractivity contribution in [2.24, 2.45) is 0 Å². The molecule has 1 N–H and O–H groups in total. The van der Waals surface area contributed by atoms with Crippen LogP contribution in [0.4, 0.5) is 0 Å². The average Bonchev–Trinajstić information content (AvgIpc) is 2.90. The molecule has 5 heteroatoms. The van der Waals surface area contributed by atoms with Gasteiger partial charge in [-0.15, -0.1) is 0 Å². The van der Waals surface area contributed by atoms with E-state index in [9.17, 15) is 4.79 Å². The van der Waals surface area contributed by atoms with E-state index in [-0.39, 0.29) is 5.56 Å². The van der Waals surface area contributed by atoms with E-state index in [4.69, 9.17) is 4.74 Å². The summed E-state index contributed by atoms with van der Waals surface area (Å²) in [6.45, 7) is 1.09. The minimum absolute atomic E-state index is 0.0123. The van der Waals surface area contributed by atoms with E-state index in [0.29, 0.717) is 13.2 Å². The molecule has 0 atom stereocenters. The predicted octanol–water partition coefficient (Wildman–Crippen LogP) is 2.02. The minimum Gasteiger partial charge on any atom is -0.376 e. The van der Waals surface area contributed by atoms with Crippen molar-refractivity contribution < 1.29 is 4.74 Å². The van der Waals surface area contributed by atoms with E-state index >= 15 is 0 Å². The first kappa shape index (κ1) is 12.2. The number of thioether (sulfide) groups is 1. The lowest BCUT2D eigenvalue weighted by Gasteiger charge is -2.15. The molecule has 2 aliphatic rings. The molecule has 4 nitrogen and oxygen atoms in total. The largest absolute Gasteiger partial charge is 0.376 e. The van der Waals surface area contributed by atoms with Gasteiger partial charge in [-0.2, -0.15) is 11.8 Å². The molecule has 1 aromatic heterocycles. The predicted molar refractivity (Wildman–Crippen MR) is 71.8 cm³/mol. The van der Waals surface area contributed by atoms with Gasteiger partial charge < -0.3 is 9.72 Å². The summed E-state index contributed by atoms with van der Waals surface area (Å²) < 4.78 is 5.29. The third-order valence-corrected chi connectivity index (χ3v) is 5.02. The van der Waals surface area contributed by atoms with Gasteiger partial charge in [0.25, 0.3) is 5.56 Å². The van der Waals surface area contributed by atoms with Crippen LogP contribution in [0.15, 0.2) is 4.79 Å². The van der Waals surface area contributed by atoms with Gasteiger partial charge >= 0.3 is 0 Å². The molecule has 0 bridgehead atoms.